The molecule has 0 radical (unpaired) electrons. The zero-order chi connectivity index (χ0) is 18.5. The Morgan fingerprint density at radius 3 is 2.12 bits per heavy atom. The molecule has 1 amide bonds. The number of carbonyl (C=O) groups excluding carboxylic acids is 1. The lowest BCUT2D eigenvalue weighted by Gasteiger charge is -2.29. The number of amides is 1. The largest absolute Gasteiger partial charge is 0.322 e. The highest BCUT2D eigenvalue weighted by molar-refractivity contribution is 6.42. The van der Waals surface area contributed by atoms with Crippen molar-refractivity contribution in [1.82, 2.24) is 0 Å². The third-order valence-corrected chi connectivity index (χ3v) is 5.46. The predicted molar refractivity (Wildman–Crippen MR) is 107 cm³/mol. The number of hydrogen-bond donors (Lipinski definition) is 3. The number of carbonyl (C=O) groups is 1. The third kappa shape index (κ3) is 5.35. The molecule has 2 aromatic rings. The number of piperazine rings is 1. The first-order chi connectivity index (χ1) is 12.5. The second kappa shape index (κ2) is 9.07. The number of benzene rings is 2. The van der Waals surface area contributed by atoms with Crippen LogP contribution < -0.4 is 15.1 Å². The van der Waals surface area contributed by atoms with E-state index in [4.69, 9.17) is 34.8 Å². The van der Waals surface area contributed by atoms with Crippen LogP contribution in [0.4, 0.5) is 5.69 Å². The third-order valence-electron chi connectivity index (χ3n) is 4.64. The van der Waals surface area contributed by atoms with Crippen molar-refractivity contribution in [1.29, 1.82) is 0 Å². The molecule has 0 bridgehead atoms. The predicted octanol–water partition coefficient (Wildman–Crippen LogP) is 1.57. The SMILES string of the molecule is O=C(C[NH+]1CC[NH+](Cc2ccccc2)CC1)Nc1c(Cl)cc(Cl)cc1Cl. The molecule has 0 aromatic heterocycles. The fraction of sp³-hybridized carbons (Fsp3) is 0.316. The molecule has 1 heterocycles. The molecule has 26 heavy (non-hydrogen) atoms. The Labute approximate surface area is 168 Å². The van der Waals surface area contributed by atoms with E-state index >= 15 is 0 Å². The van der Waals surface area contributed by atoms with E-state index in [-0.39, 0.29) is 5.91 Å². The van der Waals surface area contributed by atoms with Gasteiger partial charge in [-0.05, 0) is 12.1 Å². The monoisotopic (exact) mass is 413 g/mol. The summed E-state index contributed by atoms with van der Waals surface area (Å²) in [5, 5.41) is 3.96. The van der Waals surface area contributed by atoms with Crippen LogP contribution >= 0.6 is 34.8 Å². The Kier molecular flexibility index (Phi) is 6.79. The molecule has 0 atom stereocenters. The number of hydrogen-bond acceptors (Lipinski definition) is 1. The Bertz CT molecular complexity index is 739. The van der Waals surface area contributed by atoms with Gasteiger partial charge in [-0.3, -0.25) is 4.79 Å². The molecule has 0 unspecified atom stereocenters. The number of quaternary nitrogens is 2. The van der Waals surface area contributed by atoms with Gasteiger partial charge in [0, 0.05) is 10.6 Å². The molecule has 3 N–H and O–H groups in total. The van der Waals surface area contributed by atoms with Gasteiger partial charge >= 0.3 is 0 Å². The Morgan fingerprint density at radius 2 is 1.50 bits per heavy atom. The highest BCUT2D eigenvalue weighted by atomic mass is 35.5. The summed E-state index contributed by atoms with van der Waals surface area (Å²) in [7, 11) is 0. The highest BCUT2D eigenvalue weighted by Crippen LogP contribution is 2.33. The molecule has 1 aliphatic rings. The molecule has 3 rings (SSSR count). The van der Waals surface area contributed by atoms with Gasteiger partial charge in [-0.2, -0.15) is 0 Å². The quantitative estimate of drug-likeness (QED) is 0.683. The van der Waals surface area contributed by atoms with Gasteiger partial charge in [-0.25, -0.2) is 0 Å². The maximum Gasteiger partial charge on any atom is 0.279 e. The van der Waals surface area contributed by atoms with Crippen molar-refractivity contribution in [2.75, 3.05) is 38.0 Å². The normalized spacial score (nSPS) is 20.0. The van der Waals surface area contributed by atoms with Crippen LogP contribution in [0.1, 0.15) is 5.56 Å². The summed E-state index contributed by atoms with van der Waals surface area (Å²) in [6.07, 6.45) is 0. The van der Waals surface area contributed by atoms with Gasteiger partial charge in [0.25, 0.3) is 5.91 Å². The Hall–Kier alpha value is -1.30. The van der Waals surface area contributed by atoms with Crippen molar-refractivity contribution >= 4 is 46.4 Å². The summed E-state index contributed by atoms with van der Waals surface area (Å²) >= 11 is 18.1. The summed E-state index contributed by atoms with van der Waals surface area (Å²) < 4.78 is 0. The topological polar surface area (TPSA) is 38.0 Å². The van der Waals surface area contributed by atoms with E-state index in [0.29, 0.717) is 27.3 Å². The molecule has 0 aliphatic carbocycles. The first-order valence-electron chi connectivity index (χ1n) is 8.66. The summed E-state index contributed by atoms with van der Waals surface area (Å²) in [4.78, 5) is 15.2. The molecule has 138 valence electrons. The van der Waals surface area contributed by atoms with Crippen LogP contribution in [0.5, 0.6) is 0 Å². The first-order valence-corrected chi connectivity index (χ1v) is 9.80. The van der Waals surface area contributed by atoms with Crippen LogP contribution in [0.25, 0.3) is 0 Å². The van der Waals surface area contributed by atoms with Gasteiger partial charge in [0.15, 0.2) is 6.54 Å². The van der Waals surface area contributed by atoms with Gasteiger partial charge in [0.2, 0.25) is 0 Å². The molecule has 0 saturated carbocycles. The van der Waals surface area contributed by atoms with Crippen molar-refractivity contribution in [2.45, 2.75) is 6.54 Å². The average Bonchev–Trinajstić information content (AvgIpc) is 2.61. The number of rotatable bonds is 5. The van der Waals surface area contributed by atoms with E-state index in [0.717, 1.165) is 32.7 Å². The molecular formula is C19H22Cl3N3O+2. The standard InChI is InChI=1S/C19H20Cl3N3O/c20-15-10-16(21)19(17(22)11-15)23-18(26)13-25-8-6-24(7-9-25)12-14-4-2-1-3-5-14/h1-5,10-11H,6-9,12-13H2,(H,23,26)/p+2. The maximum atomic E-state index is 12.4. The Morgan fingerprint density at radius 1 is 0.923 bits per heavy atom. The molecule has 1 fully saturated rings. The van der Waals surface area contributed by atoms with Gasteiger partial charge < -0.3 is 15.1 Å². The number of anilines is 1. The number of nitrogens with one attached hydrogen (secondary N) is 3. The highest BCUT2D eigenvalue weighted by Gasteiger charge is 2.25. The maximum absolute atomic E-state index is 12.4. The minimum Gasteiger partial charge on any atom is -0.322 e. The van der Waals surface area contributed by atoms with Gasteiger partial charge in [0.05, 0.1) is 15.7 Å². The lowest BCUT2D eigenvalue weighted by molar-refractivity contribution is -1.02. The Balaban J connectivity index is 1.48. The molecule has 0 spiro atoms. The second-order valence-electron chi connectivity index (χ2n) is 6.63. The van der Waals surface area contributed by atoms with Crippen molar-refractivity contribution < 1.29 is 14.6 Å². The van der Waals surface area contributed by atoms with Crippen LogP contribution in [0, 0.1) is 0 Å². The fourth-order valence-corrected chi connectivity index (χ4v) is 4.18. The zero-order valence-electron chi connectivity index (χ0n) is 14.3. The van der Waals surface area contributed by atoms with E-state index in [1.165, 1.54) is 10.5 Å². The summed E-state index contributed by atoms with van der Waals surface area (Å²) in [5.74, 6) is -0.0855. The summed E-state index contributed by atoms with van der Waals surface area (Å²) in [6, 6.07) is 13.7. The lowest BCUT2D eigenvalue weighted by atomic mass is 10.2. The van der Waals surface area contributed by atoms with Crippen LogP contribution in [0.3, 0.4) is 0 Å². The van der Waals surface area contributed by atoms with Crippen molar-refractivity contribution in [3.05, 3.63) is 63.1 Å². The van der Waals surface area contributed by atoms with E-state index in [1.807, 2.05) is 6.07 Å². The van der Waals surface area contributed by atoms with Crippen LogP contribution in [-0.4, -0.2) is 38.6 Å². The lowest BCUT2D eigenvalue weighted by Crippen LogP contribution is -3.28. The van der Waals surface area contributed by atoms with Crippen LogP contribution in [-0.2, 0) is 11.3 Å². The summed E-state index contributed by atoms with van der Waals surface area (Å²) in [6.45, 7) is 5.50. The van der Waals surface area contributed by atoms with Gasteiger partial charge in [-0.1, -0.05) is 65.1 Å². The van der Waals surface area contributed by atoms with E-state index in [2.05, 4.69) is 29.6 Å². The van der Waals surface area contributed by atoms with Crippen molar-refractivity contribution in [3.63, 3.8) is 0 Å². The molecule has 1 aliphatic heterocycles. The molecular weight excluding hydrogens is 393 g/mol. The van der Waals surface area contributed by atoms with E-state index in [1.54, 1.807) is 17.0 Å². The second-order valence-corrected chi connectivity index (χ2v) is 7.88. The minimum atomic E-state index is -0.0855. The summed E-state index contributed by atoms with van der Waals surface area (Å²) in [5.41, 5.74) is 1.78. The fourth-order valence-electron chi connectivity index (χ4n) is 3.27. The average molecular weight is 415 g/mol. The van der Waals surface area contributed by atoms with Gasteiger partial charge in [-0.15, -0.1) is 0 Å². The van der Waals surface area contributed by atoms with Crippen LogP contribution in [0.15, 0.2) is 42.5 Å². The number of halogens is 3. The van der Waals surface area contributed by atoms with Gasteiger partial charge in [0.1, 0.15) is 32.7 Å². The molecule has 2 aromatic carbocycles. The smallest absolute Gasteiger partial charge is 0.279 e. The zero-order valence-corrected chi connectivity index (χ0v) is 16.6. The first kappa shape index (κ1) is 19.5. The minimum absolute atomic E-state index is 0.0855. The van der Waals surface area contributed by atoms with Crippen molar-refractivity contribution in [3.8, 4) is 0 Å². The van der Waals surface area contributed by atoms with E-state index in [9.17, 15) is 4.79 Å². The molecule has 4 nitrogen and oxygen atoms in total. The van der Waals surface area contributed by atoms with E-state index < -0.39 is 0 Å². The van der Waals surface area contributed by atoms with Crippen LogP contribution in [0.2, 0.25) is 15.1 Å². The molecule has 1 saturated heterocycles. The van der Waals surface area contributed by atoms with Crippen molar-refractivity contribution in [2.24, 2.45) is 0 Å². The molecule has 7 heteroatoms.